The SMILES string of the molecule is CCC(C(=O)Nc1nnc(CC(C)C)s1)N1C(=O)C(=O)c2cc(C)ccc21. The molecule has 0 spiro atoms. The summed E-state index contributed by atoms with van der Waals surface area (Å²) >= 11 is 1.32. The van der Waals surface area contributed by atoms with E-state index >= 15 is 0 Å². The number of carbonyl (C=O) groups excluding carboxylic acids is 3. The number of nitrogens with zero attached hydrogens (tertiary/aromatic N) is 3. The molecule has 1 aliphatic rings. The standard InChI is InChI=1S/C19H22N4O3S/c1-5-13(17(25)20-19-22-21-15(27-19)8-10(2)3)23-14-7-6-11(4)9-12(14)16(24)18(23)26/h6-7,9-10,13H,5,8H2,1-4H3,(H,20,22,25). The molecule has 27 heavy (non-hydrogen) atoms. The van der Waals surface area contributed by atoms with E-state index in [1.54, 1.807) is 19.1 Å². The zero-order valence-electron chi connectivity index (χ0n) is 15.8. The summed E-state index contributed by atoms with van der Waals surface area (Å²) in [5.74, 6) is -1.18. The molecule has 1 aromatic carbocycles. The van der Waals surface area contributed by atoms with Gasteiger partial charge in [0.25, 0.3) is 11.7 Å². The van der Waals surface area contributed by atoms with Crippen LogP contribution in [0.1, 0.15) is 48.1 Å². The fourth-order valence-electron chi connectivity index (χ4n) is 3.10. The maximum Gasteiger partial charge on any atom is 0.300 e. The Kier molecular flexibility index (Phi) is 5.36. The molecule has 0 aliphatic carbocycles. The summed E-state index contributed by atoms with van der Waals surface area (Å²) in [4.78, 5) is 39.0. The van der Waals surface area contributed by atoms with Crippen molar-refractivity contribution in [1.29, 1.82) is 0 Å². The largest absolute Gasteiger partial charge is 0.300 e. The van der Waals surface area contributed by atoms with Crippen LogP contribution in [0.2, 0.25) is 0 Å². The number of aryl methyl sites for hydroxylation is 1. The highest BCUT2D eigenvalue weighted by Gasteiger charge is 2.41. The molecule has 1 unspecified atom stereocenters. The second-order valence-corrected chi connectivity index (χ2v) is 8.10. The minimum Gasteiger partial charge on any atom is -0.299 e. The van der Waals surface area contributed by atoms with Crippen molar-refractivity contribution in [2.45, 2.75) is 46.6 Å². The third kappa shape index (κ3) is 3.75. The summed E-state index contributed by atoms with van der Waals surface area (Å²) in [6.07, 6.45) is 1.16. The summed E-state index contributed by atoms with van der Waals surface area (Å²) in [6, 6.07) is 4.44. The van der Waals surface area contributed by atoms with Crippen LogP contribution in [-0.4, -0.2) is 33.8 Å². The van der Waals surface area contributed by atoms with Crippen molar-refractivity contribution in [3.63, 3.8) is 0 Å². The van der Waals surface area contributed by atoms with Gasteiger partial charge in [-0.15, -0.1) is 10.2 Å². The van der Waals surface area contributed by atoms with Crippen molar-refractivity contribution in [2.75, 3.05) is 10.2 Å². The molecule has 1 atom stereocenters. The Morgan fingerprint density at radius 2 is 2.00 bits per heavy atom. The highest BCUT2D eigenvalue weighted by atomic mass is 32.1. The van der Waals surface area contributed by atoms with Gasteiger partial charge >= 0.3 is 0 Å². The Labute approximate surface area is 161 Å². The quantitative estimate of drug-likeness (QED) is 0.771. The van der Waals surface area contributed by atoms with Gasteiger partial charge < -0.3 is 0 Å². The van der Waals surface area contributed by atoms with Crippen molar-refractivity contribution in [3.05, 3.63) is 34.3 Å². The first-order chi connectivity index (χ1) is 12.8. The first-order valence-corrected chi connectivity index (χ1v) is 9.75. The van der Waals surface area contributed by atoms with Crippen molar-refractivity contribution in [1.82, 2.24) is 10.2 Å². The van der Waals surface area contributed by atoms with Crippen LogP contribution < -0.4 is 10.2 Å². The molecule has 2 heterocycles. The van der Waals surface area contributed by atoms with E-state index in [4.69, 9.17) is 0 Å². The maximum absolute atomic E-state index is 12.8. The summed E-state index contributed by atoms with van der Waals surface area (Å²) in [5, 5.41) is 12.1. The summed E-state index contributed by atoms with van der Waals surface area (Å²) in [6.45, 7) is 7.83. The maximum atomic E-state index is 12.8. The minimum atomic E-state index is -0.789. The molecule has 0 bridgehead atoms. The van der Waals surface area contributed by atoms with Gasteiger partial charge in [-0.25, -0.2) is 0 Å². The number of hydrogen-bond donors (Lipinski definition) is 1. The predicted octanol–water partition coefficient (Wildman–Crippen LogP) is 2.99. The Hall–Kier alpha value is -2.61. The van der Waals surface area contributed by atoms with Crippen LogP contribution in [0.4, 0.5) is 10.8 Å². The Morgan fingerprint density at radius 3 is 2.67 bits per heavy atom. The first kappa shape index (κ1) is 19.2. The van der Waals surface area contributed by atoms with Crippen LogP contribution in [0.15, 0.2) is 18.2 Å². The summed E-state index contributed by atoms with van der Waals surface area (Å²) in [5.41, 5.74) is 1.72. The lowest BCUT2D eigenvalue weighted by atomic mass is 10.1. The predicted molar refractivity (Wildman–Crippen MR) is 104 cm³/mol. The van der Waals surface area contributed by atoms with Gasteiger partial charge in [-0.05, 0) is 31.4 Å². The first-order valence-electron chi connectivity index (χ1n) is 8.93. The van der Waals surface area contributed by atoms with E-state index in [1.807, 2.05) is 13.0 Å². The summed E-state index contributed by atoms with van der Waals surface area (Å²) in [7, 11) is 0. The molecule has 0 saturated carbocycles. The zero-order chi connectivity index (χ0) is 19.7. The summed E-state index contributed by atoms with van der Waals surface area (Å²) < 4.78 is 0. The van der Waals surface area contributed by atoms with Gasteiger partial charge in [-0.1, -0.05) is 43.7 Å². The minimum absolute atomic E-state index is 0.349. The molecule has 142 valence electrons. The Balaban J connectivity index is 1.83. The lowest BCUT2D eigenvalue weighted by Gasteiger charge is -2.25. The van der Waals surface area contributed by atoms with Crippen molar-refractivity contribution in [2.24, 2.45) is 5.92 Å². The average Bonchev–Trinajstić information content (AvgIpc) is 3.13. The second kappa shape index (κ2) is 7.56. The molecule has 0 saturated heterocycles. The monoisotopic (exact) mass is 386 g/mol. The van der Waals surface area contributed by atoms with Gasteiger partial charge in [-0.2, -0.15) is 0 Å². The van der Waals surface area contributed by atoms with Crippen molar-refractivity contribution < 1.29 is 14.4 Å². The lowest BCUT2D eigenvalue weighted by Crippen LogP contribution is -2.46. The van der Waals surface area contributed by atoms with Gasteiger partial charge in [0.05, 0.1) is 11.3 Å². The number of anilines is 2. The second-order valence-electron chi connectivity index (χ2n) is 7.04. The lowest BCUT2D eigenvalue weighted by molar-refractivity contribution is -0.121. The van der Waals surface area contributed by atoms with E-state index in [9.17, 15) is 14.4 Å². The molecule has 2 amide bonds. The topological polar surface area (TPSA) is 92.3 Å². The van der Waals surface area contributed by atoms with Gasteiger partial charge in [0, 0.05) is 6.42 Å². The van der Waals surface area contributed by atoms with Crippen LogP contribution in [0.5, 0.6) is 0 Å². The van der Waals surface area contributed by atoms with Gasteiger partial charge in [0.2, 0.25) is 11.0 Å². The van der Waals surface area contributed by atoms with Crippen molar-refractivity contribution in [3.8, 4) is 0 Å². The number of carbonyl (C=O) groups is 3. The molecule has 2 aromatic rings. The van der Waals surface area contributed by atoms with E-state index in [2.05, 4.69) is 29.4 Å². The van der Waals surface area contributed by atoms with E-state index in [1.165, 1.54) is 16.2 Å². The number of rotatable bonds is 6. The number of benzene rings is 1. The van der Waals surface area contributed by atoms with Crippen LogP contribution in [0, 0.1) is 12.8 Å². The molecule has 0 radical (unpaired) electrons. The average molecular weight is 386 g/mol. The third-order valence-electron chi connectivity index (χ3n) is 4.35. The molecule has 0 fully saturated rings. The number of amides is 2. The van der Waals surface area contributed by atoms with Gasteiger partial charge in [0.15, 0.2) is 0 Å². The Morgan fingerprint density at radius 1 is 1.26 bits per heavy atom. The molecule has 7 nitrogen and oxygen atoms in total. The fraction of sp³-hybridized carbons (Fsp3) is 0.421. The molecule has 3 rings (SSSR count). The number of aromatic nitrogens is 2. The Bertz CT molecular complexity index is 906. The van der Waals surface area contributed by atoms with E-state index < -0.39 is 17.7 Å². The van der Waals surface area contributed by atoms with Gasteiger partial charge in [-0.3, -0.25) is 24.6 Å². The van der Waals surface area contributed by atoms with Crippen LogP contribution in [-0.2, 0) is 16.0 Å². The fourth-order valence-corrected chi connectivity index (χ4v) is 4.05. The van der Waals surface area contributed by atoms with E-state index in [0.29, 0.717) is 28.7 Å². The van der Waals surface area contributed by atoms with E-state index in [0.717, 1.165) is 17.0 Å². The number of Topliss-reactive ketones (excluding diaryl/α,β-unsaturated/α-hetero) is 1. The zero-order valence-corrected chi connectivity index (χ0v) is 16.6. The smallest absolute Gasteiger partial charge is 0.299 e. The molecular weight excluding hydrogens is 364 g/mol. The number of ketones is 1. The highest BCUT2D eigenvalue weighted by Crippen LogP contribution is 2.32. The third-order valence-corrected chi connectivity index (χ3v) is 5.21. The molecule has 1 N–H and O–H groups in total. The number of fused-ring (bicyclic) bond motifs is 1. The van der Waals surface area contributed by atoms with Gasteiger partial charge in [0.1, 0.15) is 11.0 Å². The molecule has 1 aliphatic heterocycles. The van der Waals surface area contributed by atoms with Crippen LogP contribution >= 0.6 is 11.3 Å². The van der Waals surface area contributed by atoms with Crippen LogP contribution in [0.25, 0.3) is 0 Å². The molecule has 8 heteroatoms. The number of hydrogen-bond acceptors (Lipinski definition) is 6. The number of nitrogens with one attached hydrogen (secondary N) is 1. The van der Waals surface area contributed by atoms with E-state index in [-0.39, 0.29) is 5.91 Å². The van der Waals surface area contributed by atoms with Crippen molar-refractivity contribution >= 4 is 39.8 Å². The molecular formula is C19H22N4O3S. The highest BCUT2D eigenvalue weighted by molar-refractivity contribution is 7.15. The molecule has 1 aromatic heterocycles. The normalized spacial score (nSPS) is 14.6. The van der Waals surface area contributed by atoms with Crippen LogP contribution in [0.3, 0.4) is 0 Å².